The summed E-state index contributed by atoms with van der Waals surface area (Å²) in [7, 11) is 3.63. The first kappa shape index (κ1) is 18.9. The third-order valence-electron chi connectivity index (χ3n) is 2.80. The van der Waals surface area contributed by atoms with Gasteiger partial charge in [-0.15, -0.1) is 0 Å². The first-order chi connectivity index (χ1) is 9.85. The maximum atomic E-state index is 11.7. The standard InChI is InChI=1S/C13H21NO7/c1-8(12(17)20-3)7-9(13(18)21-4)14-10(15)5-6-11(16)19-2/h8-9H,5-7H2,1-4H3,(H,14,15)/t8-,9+/m0/s1. The van der Waals surface area contributed by atoms with Gasteiger partial charge in [0, 0.05) is 6.42 Å². The minimum absolute atomic E-state index is 0.0450. The maximum absolute atomic E-state index is 11.7. The van der Waals surface area contributed by atoms with Crippen LogP contribution in [-0.4, -0.2) is 51.2 Å². The second kappa shape index (κ2) is 9.73. The molecule has 0 fully saturated rings. The number of rotatable bonds is 8. The van der Waals surface area contributed by atoms with Gasteiger partial charge in [-0.3, -0.25) is 14.4 Å². The summed E-state index contributed by atoms with van der Waals surface area (Å²) in [4.78, 5) is 45.6. The molecule has 2 atom stereocenters. The number of nitrogens with one attached hydrogen (secondary N) is 1. The van der Waals surface area contributed by atoms with Gasteiger partial charge in [-0.1, -0.05) is 6.92 Å². The maximum Gasteiger partial charge on any atom is 0.328 e. The monoisotopic (exact) mass is 303 g/mol. The van der Waals surface area contributed by atoms with Gasteiger partial charge in [-0.05, 0) is 6.42 Å². The Morgan fingerprint density at radius 3 is 1.95 bits per heavy atom. The molecule has 0 unspecified atom stereocenters. The second-order valence-corrected chi connectivity index (χ2v) is 4.38. The van der Waals surface area contributed by atoms with E-state index in [-0.39, 0.29) is 19.3 Å². The SMILES string of the molecule is COC(=O)CCC(=O)N[C@H](C[C@H](C)C(=O)OC)C(=O)OC. The summed E-state index contributed by atoms with van der Waals surface area (Å²) in [5, 5.41) is 2.43. The van der Waals surface area contributed by atoms with Crippen molar-refractivity contribution in [2.75, 3.05) is 21.3 Å². The van der Waals surface area contributed by atoms with Crippen molar-refractivity contribution >= 4 is 23.8 Å². The van der Waals surface area contributed by atoms with Gasteiger partial charge >= 0.3 is 17.9 Å². The first-order valence-electron chi connectivity index (χ1n) is 6.37. The minimum Gasteiger partial charge on any atom is -0.469 e. The quantitative estimate of drug-likeness (QED) is 0.488. The molecule has 0 rings (SSSR count). The molecule has 0 heterocycles. The highest BCUT2D eigenvalue weighted by molar-refractivity contribution is 5.86. The van der Waals surface area contributed by atoms with Crippen LogP contribution in [0.2, 0.25) is 0 Å². The lowest BCUT2D eigenvalue weighted by atomic mass is 10.0. The van der Waals surface area contributed by atoms with Gasteiger partial charge in [0.15, 0.2) is 0 Å². The lowest BCUT2D eigenvalue weighted by Gasteiger charge is -2.19. The molecule has 0 spiro atoms. The van der Waals surface area contributed by atoms with E-state index in [1.54, 1.807) is 6.92 Å². The molecule has 0 bridgehead atoms. The van der Waals surface area contributed by atoms with Crippen molar-refractivity contribution in [2.24, 2.45) is 5.92 Å². The van der Waals surface area contributed by atoms with Gasteiger partial charge in [-0.2, -0.15) is 0 Å². The van der Waals surface area contributed by atoms with Crippen LogP contribution in [0.25, 0.3) is 0 Å². The zero-order valence-corrected chi connectivity index (χ0v) is 12.6. The van der Waals surface area contributed by atoms with Crippen LogP contribution in [0.3, 0.4) is 0 Å². The molecule has 8 nitrogen and oxygen atoms in total. The molecule has 1 amide bonds. The van der Waals surface area contributed by atoms with Crippen molar-refractivity contribution in [3.05, 3.63) is 0 Å². The van der Waals surface area contributed by atoms with Crippen LogP contribution in [0.15, 0.2) is 0 Å². The summed E-state index contributed by atoms with van der Waals surface area (Å²) >= 11 is 0. The number of carbonyl (C=O) groups excluding carboxylic acids is 4. The first-order valence-corrected chi connectivity index (χ1v) is 6.37. The number of esters is 3. The highest BCUT2D eigenvalue weighted by atomic mass is 16.5. The molecule has 120 valence electrons. The van der Waals surface area contributed by atoms with Gasteiger partial charge < -0.3 is 19.5 Å². The molecule has 0 aromatic rings. The minimum atomic E-state index is -0.978. The van der Waals surface area contributed by atoms with Gasteiger partial charge in [0.2, 0.25) is 5.91 Å². The van der Waals surface area contributed by atoms with Crippen molar-refractivity contribution in [1.82, 2.24) is 5.32 Å². The van der Waals surface area contributed by atoms with Crippen LogP contribution in [0.5, 0.6) is 0 Å². The van der Waals surface area contributed by atoms with Crippen LogP contribution in [0.4, 0.5) is 0 Å². The molecule has 0 saturated heterocycles. The summed E-state index contributed by atoms with van der Waals surface area (Å²) in [6, 6.07) is -0.978. The number of methoxy groups -OCH3 is 3. The number of hydrogen-bond donors (Lipinski definition) is 1. The van der Waals surface area contributed by atoms with E-state index in [2.05, 4.69) is 19.5 Å². The van der Waals surface area contributed by atoms with Crippen molar-refractivity contribution in [2.45, 2.75) is 32.2 Å². The van der Waals surface area contributed by atoms with Gasteiger partial charge in [0.25, 0.3) is 0 Å². The molecule has 0 aliphatic rings. The summed E-state index contributed by atoms with van der Waals surface area (Å²) in [6.45, 7) is 1.57. The fourth-order valence-corrected chi connectivity index (χ4v) is 1.59. The van der Waals surface area contributed by atoms with Crippen LogP contribution in [0, 0.1) is 5.92 Å². The molecule has 21 heavy (non-hydrogen) atoms. The molecule has 0 saturated carbocycles. The van der Waals surface area contributed by atoms with E-state index in [1.807, 2.05) is 0 Å². The lowest BCUT2D eigenvalue weighted by molar-refractivity contribution is -0.148. The summed E-state index contributed by atoms with van der Waals surface area (Å²) in [5.74, 6) is -2.78. The van der Waals surface area contributed by atoms with E-state index in [4.69, 9.17) is 0 Å². The Morgan fingerprint density at radius 2 is 1.48 bits per heavy atom. The van der Waals surface area contributed by atoms with E-state index in [0.29, 0.717) is 0 Å². The van der Waals surface area contributed by atoms with E-state index >= 15 is 0 Å². The van der Waals surface area contributed by atoms with Crippen molar-refractivity contribution in [3.8, 4) is 0 Å². The number of hydrogen-bond acceptors (Lipinski definition) is 7. The normalized spacial score (nSPS) is 12.8. The smallest absolute Gasteiger partial charge is 0.328 e. The van der Waals surface area contributed by atoms with Crippen LogP contribution < -0.4 is 5.32 Å². The summed E-state index contributed by atoms with van der Waals surface area (Å²) in [5.41, 5.74) is 0. The topological polar surface area (TPSA) is 108 Å². The highest BCUT2D eigenvalue weighted by Crippen LogP contribution is 2.10. The van der Waals surface area contributed by atoms with E-state index < -0.39 is 35.8 Å². The fourth-order valence-electron chi connectivity index (χ4n) is 1.59. The van der Waals surface area contributed by atoms with Crippen LogP contribution >= 0.6 is 0 Å². The van der Waals surface area contributed by atoms with Gasteiger partial charge in [-0.25, -0.2) is 4.79 Å². The predicted molar refractivity (Wildman–Crippen MR) is 71.0 cm³/mol. The Hall–Kier alpha value is -2.12. The molecule has 0 aliphatic carbocycles. The molecule has 0 aromatic heterocycles. The number of amides is 1. The van der Waals surface area contributed by atoms with Crippen molar-refractivity contribution in [1.29, 1.82) is 0 Å². The number of ether oxygens (including phenoxy) is 3. The molecule has 1 N–H and O–H groups in total. The van der Waals surface area contributed by atoms with Crippen molar-refractivity contribution in [3.63, 3.8) is 0 Å². The predicted octanol–water partition coefficient (Wildman–Crippen LogP) is -0.203. The summed E-state index contributed by atoms with van der Waals surface area (Å²) in [6.07, 6.45) is -0.168. The van der Waals surface area contributed by atoms with E-state index in [0.717, 1.165) is 0 Å². The second-order valence-electron chi connectivity index (χ2n) is 4.38. The van der Waals surface area contributed by atoms with Crippen LogP contribution in [-0.2, 0) is 33.4 Å². The largest absolute Gasteiger partial charge is 0.469 e. The third-order valence-corrected chi connectivity index (χ3v) is 2.80. The zero-order chi connectivity index (χ0) is 16.4. The Labute approximate surface area is 123 Å². The summed E-state index contributed by atoms with van der Waals surface area (Å²) < 4.78 is 13.5. The average Bonchev–Trinajstić information content (AvgIpc) is 2.49. The van der Waals surface area contributed by atoms with E-state index in [9.17, 15) is 19.2 Å². The van der Waals surface area contributed by atoms with Gasteiger partial charge in [0.05, 0.1) is 33.7 Å². The van der Waals surface area contributed by atoms with Gasteiger partial charge in [0.1, 0.15) is 6.04 Å². The van der Waals surface area contributed by atoms with E-state index in [1.165, 1.54) is 21.3 Å². The molecule has 0 radical (unpaired) electrons. The molecule has 8 heteroatoms. The average molecular weight is 303 g/mol. The fraction of sp³-hybridized carbons (Fsp3) is 0.692. The zero-order valence-electron chi connectivity index (χ0n) is 12.6. The third kappa shape index (κ3) is 7.28. The molecule has 0 aromatic carbocycles. The highest BCUT2D eigenvalue weighted by Gasteiger charge is 2.27. The lowest BCUT2D eigenvalue weighted by Crippen LogP contribution is -2.43. The van der Waals surface area contributed by atoms with Crippen molar-refractivity contribution < 1.29 is 33.4 Å². The Morgan fingerprint density at radius 1 is 0.905 bits per heavy atom. The Kier molecular flexibility index (Phi) is 8.75. The number of carbonyl (C=O) groups is 4. The Bertz CT molecular complexity index is 394. The molecule has 0 aliphatic heterocycles. The Balaban J connectivity index is 4.56. The van der Waals surface area contributed by atoms with Crippen LogP contribution in [0.1, 0.15) is 26.2 Å². The molecular weight excluding hydrogens is 282 g/mol. The molecular formula is C13H21NO7.